The van der Waals surface area contributed by atoms with E-state index in [1.165, 1.54) is 0 Å². The number of rotatable bonds is 3. The molecular weight excluding hydrogens is 304 g/mol. The number of carbonyl (C=O) groups excluding carboxylic acids is 2. The van der Waals surface area contributed by atoms with Gasteiger partial charge >= 0.3 is 5.97 Å². The molecule has 6 heteroatoms. The molecule has 1 fully saturated rings. The van der Waals surface area contributed by atoms with E-state index < -0.39 is 11.9 Å². The lowest BCUT2D eigenvalue weighted by molar-refractivity contribution is -0.154. The highest BCUT2D eigenvalue weighted by molar-refractivity contribution is 6.30. The van der Waals surface area contributed by atoms with Crippen LogP contribution in [0.5, 0.6) is 0 Å². The maximum absolute atomic E-state index is 12.9. The number of allylic oxidation sites excluding steroid dienone is 3. The summed E-state index contributed by atoms with van der Waals surface area (Å²) in [7, 11) is 0. The molecule has 0 amide bonds. The number of ether oxygens (including phenoxy) is 1. The van der Waals surface area contributed by atoms with Crippen molar-refractivity contribution in [2.75, 3.05) is 19.7 Å². The van der Waals surface area contributed by atoms with Crippen LogP contribution in [0.15, 0.2) is 22.4 Å². The van der Waals surface area contributed by atoms with Gasteiger partial charge in [-0.25, -0.2) is 0 Å². The molecule has 2 atom stereocenters. The molecule has 22 heavy (non-hydrogen) atoms. The lowest BCUT2D eigenvalue weighted by atomic mass is 9.84. The predicted octanol–water partition coefficient (Wildman–Crippen LogP) is 1.93. The van der Waals surface area contributed by atoms with Gasteiger partial charge in [-0.3, -0.25) is 14.5 Å². The summed E-state index contributed by atoms with van der Waals surface area (Å²) in [4.78, 5) is 27.4. The third kappa shape index (κ3) is 2.79. The minimum atomic E-state index is -0.776. The molecule has 3 aliphatic rings. The molecule has 0 spiro atoms. The van der Waals surface area contributed by atoms with Crippen molar-refractivity contribution in [1.82, 2.24) is 10.2 Å². The van der Waals surface area contributed by atoms with Gasteiger partial charge in [0.2, 0.25) is 0 Å². The molecule has 0 aromatic carbocycles. The summed E-state index contributed by atoms with van der Waals surface area (Å²) in [6, 6.07) is 0. The number of esters is 1. The number of likely N-dealkylation sites (tertiary alicyclic amines) is 1. The zero-order chi connectivity index (χ0) is 15.7. The molecule has 3 rings (SSSR count). The standard InChI is InChI=1S/C16H21ClN2O3/c1-2-22-16(21)13-14(20)11-6-5-10(17)9-12(11)18-15(13)19-7-3-4-8-19/h9,13,15,18H,2-8H2,1H3. The molecule has 1 aliphatic carbocycles. The van der Waals surface area contributed by atoms with Gasteiger partial charge in [0.25, 0.3) is 0 Å². The Labute approximate surface area is 135 Å². The molecule has 120 valence electrons. The van der Waals surface area contributed by atoms with Crippen LogP contribution in [-0.4, -0.2) is 42.5 Å². The van der Waals surface area contributed by atoms with E-state index >= 15 is 0 Å². The van der Waals surface area contributed by atoms with E-state index in [2.05, 4.69) is 10.2 Å². The van der Waals surface area contributed by atoms with Crippen molar-refractivity contribution < 1.29 is 14.3 Å². The first kappa shape index (κ1) is 15.6. The maximum atomic E-state index is 12.9. The van der Waals surface area contributed by atoms with E-state index in [4.69, 9.17) is 16.3 Å². The smallest absolute Gasteiger partial charge is 0.320 e. The highest BCUT2D eigenvalue weighted by Gasteiger charge is 2.45. The zero-order valence-corrected chi connectivity index (χ0v) is 13.5. The Kier molecular flexibility index (Phi) is 4.54. The van der Waals surface area contributed by atoms with Gasteiger partial charge < -0.3 is 10.1 Å². The Morgan fingerprint density at radius 1 is 1.41 bits per heavy atom. The van der Waals surface area contributed by atoms with Crippen LogP contribution in [-0.2, 0) is 14.3 Å². The summed E-state index contributed by atoms with van der Waals surface area (Å²) in [5.41, 5.74) is 1.46. The van der Waals surface area contributed by atoms with Crippen LogP contribution in [0.1, 0.15) is 32.6 Å². The van der Waals surface area contributed by atoms with Gasteiger partial charge in [0.05, 0.1) is 6.61 Å². The molecule has 2 aliphatic heterocycles. The highest BCUT2D eigenvalue weighted by atomic mass is 35.5. The third-order valence-electron chi connectivity index (χ3n) is 4.51. The number of hydrogen-bond donors (Lipinski definition) is 1. The van der Waals surface area contributed by atoms with Crippen LogP contribution < -0.4 is 5.32 Å². The summed E-state index contributed by atoms with van der Waals surface area (Å²) in [6.45, 7) is 3.83. The third-order valence-corrected chi connectivity index (χ3v) is 4.81. The van der Waals surface area contributed by atoms with Crippen LogP contribution >= 0.6 is 11.6 Å². The molecule has 0 bridgehead atoms. The Morgan fingerprint density at radius 3 is 2.82 bits per heavy atom. The van der Waals surface area contributed by atoms with E-state index in [1.54, 1.807) is 6.92 Å². The molecule has 0 radical (unpaired) electrons. The van der Waals surface area contributed by atoms with Crippen LogP contribution in [0, 0.1) is 5.92 Å². The molecule has 0 aromatic heterocycles. The Morgan fingerprint density at radius 2 is 2.14 bits per heavy atom. The van der Waals surface area contributed by atoms with E-state index in [9.17, 15) is 9.59 Å². The number of Topliss-reactive ketones (excluding diaryl/α,β-unsaturated/α-hetero) is 1. The lowest BCUT2D eigenvalue weighted by Crippen LogP contribution is -2.57. The molecule has 1 saturated heterocycles. The van der Waals surface area contributed by atoms with Crippen molar-refractivity contribution in [1.29, 1.82) is 0 Å². The largest absolute Gasteiger partial charge is 0.465 e. The number of carbonyl (C=O) groups is 2. The summed E-state index contributed by atoms with van der Waals surface area (Å²) in [5.74, 6) is -1.31. The zero-order valence-electron chi connectivity index (χ0n) is 12.7. The fraction of sp³-hybridized carbons (Fsp3) is 0.625. The SMILES string of the molecule is CCOC(=O)C1C(=O)C2=C(C=C(Cl)CC2)NC1N1CCCC1. The van der Waals surface area contributed by atoms with Crippen LogP contribution in [0.2, 0.25) is 0 Å². The minimum Gasteiger partial charge on any atom is -0.465 e. The average molecular weight is 325 g/mol. The normalized spacial score (nSPS) is 29.0. The minimum absolute atomic E-state index is 0.107. The van der Waals surface area contributed by atoms with Crippen molar-refractivity contribution >= 4 is 23.4 Å². The van der Waals surface area contributed by atoms with E-state index in [-0.39, 0.29) is 18.6 Å². The second-order valence-corrected chi connectivity index (χ2v) is 6.40. The second kappa shape index (κ2) is 6.42. The van der Waals surface area contributed by atoms with E-state index in [0.29, 0.717) is 18.4 Å². The summed E-state index contributed by atoms with van der Waals surface area (Å²) < 4.78 is 5.15. The van der Waals surface area contributed by atoms with Crippen molar-refractivity contribution in [3.05, 3.63) is 22.4 Å². The number of nitrogens with zero attached hydrogens (tertiary/aromatic N) is 1. The molecule has 1 N–H and O–H groups in total. The first-order valence-corrected chi connectivity index (χ1v) is 8.30. The van der Waals surface area contributed by atoms with Gasteiger partial charge in [0.15, 0.2) is 11.7 Å². The van der Waals surface area contributed by atoms with Gasteiger partial charge in [-0.15, -0.1) is 0 Å². The summed E-state index contributed by atoms with van der Waals surface area (Å²) in [5, 5.41) is 4.11. The Bertz CT molecular complexity index is 550. The van der Waals surface area contributed by atoms with Crippen molar-refractivity contribution in [3.63, 3.8) is 0 Å². The molecule has 2 heterocycles. The monoisotopic (exact) mass is 324 g/mol. The summed E-state index contributed by atoms with van der Waals surface area (Å²) >= 11 is 6.11. The number of hydrogen-bond acceptors (Lipinski definition) is 5. The highest BCUT2D eigenvalue weighted by Crippen LogP contribution is 2.34. The van der Waals surface area contributed by atoms with Gasteiger partial charge in [-0.05, 0) is 38.7 Å². The van der Waals surface area contributed by atoms with E-state index in [0.717, 1.165) is 36.7 Å². The predicted molar refractivity (Wildman–Crippen MR) is 83.1 cm³/mol. The topological polar surface area (TPSA) is 58.6 Å². The van der Waals surface area contributed by atoms with Gasteiger partial charge in [-0.1, -0.05) is 11.6 Å². The molecule has 0 saturated carbocycles. The Balaban J connectivity index is 1.94. The van der Waals surface area contributed by atoms with E-state index in [1.807, 2.05) is 6.08 Å². The quantitative estimate of drug-likeness (QED) is 0.635. The van der Waals surface area contributed by atoms with Crippen LogP contribution in [0.25, 0.3) is 0 Å². The van der Waals surface area contributed by atoms with Crippen molar-refractivity contribution in [2.24, 2.45) is 5.92 Å². The maximum Gasteiger partial charge on any atom is 0.320 e. The lowest BCUT2D eigenvalue weighted by Gasteiger charge is -2.39. The molecule has 5 nitrogen and oxygen atoms in total. The average Bonchev–Trinajstić information content (AvgIpc) is 3.00. The fourth-order valence-electron chi connectivity index (χ4n) is 3.44. The first-order chi connectivity index (χ1) is 10.6. The summed E-state index contributed by atoms with van der Waals surface area (Å²) in [6.07, 6.45) is 4.90. The number of nitrogens with one attached hydrogen (secondary N) is 1. The molecule has 0 aromatic rings. The van der Waals surface area contributed by atoms with Crippen molar-refractivity contribution in [3.8, 4) is 0 Å². The fourth-order valence-corrected chi connectivity index (χ4v) is 3.65. The van der Waals surface area contributed by atoms with Gasteiger partial charge in [0.1, 0.15) is 6.17 Å². The Hall–Kier alpha value is -1.33. The number of halogens is 1. The van der Waals surface area contributed by atoms with Crippen LogP contribution in [0.4, 0.5) is 0 Å². The first-order valence-electron chi connectivity index (χ1n) is 7.92. The van der Waals surface area contributed by atoms with Gasteiger partial charge in [0, 0.05) is 29.4 Å². The number of ketones is 1. The molecular formula is C16H21ClN2O3. The van der Waals surface area contributed by atoms with Gasteiger partial charge in [-0.2, -0.15) is 0 Å². The van der Waals surface area contributed by atoms with Crippen LogP contribution in [0.3, 0.4) is 0 Å². The van der Waals surface area contributed by atoms with Crippen molar-refractivity contribution in [2.45, 2.75) is 38.8 Å². The second-order valence-electron chi connectivity index (χ2n) is 5.91. The molecule has 2 unspecified atom stereocenters.